The molecule has 3 aromatic rings. The zero-order chi connectivity index (χ0) is 15.5. The molecule has 6 heteroatoms. The molecule has 0 aliphatic carbocycles. The van der Waals surface area contributed by atoms with Gasteiger partial charge in [-0.2, -0.15) is 4.68 Å². The third-order valence-electron chi connectivity index (χ3n) is 3.37. The van der Waals surface area contributed by atoms with Gasteiger partial charge in [-0.05, 0) is 36.4 Å². The molecule has 0 spiro atoms. The summed E-state index contributed by atoms with van der Waals surface area (Å²) in [7, 11) is 3.25. The molecule has 1 aromatic heterocycles. The zero-order valence-electron chi connectivity index (χ0n) is 12.4. The number of nitrogens with two attached hydrogens (primary N) is 1. The normalized spacial score (nSPS) is 10.5. The first-order valence-electron chi connectivity index (χ1n) is 6.73. The Morgan fingerprint density at radius 1 is 0.955 bits per heavy atom. The highest BCUT2D eigenvalue weighted by atomic mass is 16.5. The molecule has 112 valence electrons. The van der Waals surface area contributed by atoms with E-state index in [4.69, 9.17) is 15.2 Å². The number of nitrogen functional groups attached to an aromatic ring is 1. The Morgan fingerprint density at radius 3 is 2.36 bits per heavy atom. The van der Waals surface area contributed by atoms with Gasteiger partial charge < -0.3 is 15.2 Å². The maximum Gasteiger partial charge on any atom is 0.155 e. The largest absolute Gasteiger partial charge is 0.497 e. The van der Waals surface area contributed by atoms with Crippen LogP contribution in [-0.2, 0) is 0 Å². The van der Waals surface area contributed by atoms with Crippen LogP contribution in [0.2, 0.25) is 0 Å². The van der Waals surface area contributed by atoms with Crippen molar-refractivity contribution in [3.8, 4) is 28.4 Å². The van der Waals surface area contributed by atoms with E-state index in [0.29, 0.717) is 11.5 Å². The van der Waals surface area contributed by atoms with Crippen LogP contribution in [0.15, 0.2) is 48.5 Å². The van der Waals surface area contributed by atoms with Crippen LogP contribution in [0, 0.1) is 0 Å². The van der Waals surface area contributed by atoms with Crippen molar-refractivity contribution in [3.63, 3.8) is 0 Å². The van der Waals surface area contributed by atoms with Gasteiger partial charge >= 0.3 is 0 Å². The monoisotopic (exact) mass is 296 g/mol. The van der Waals surface area contributed by atoms with E-state index in [1.165, 1.54) is 0 Å². The number of hydrogen-bond acceptors (Lipinski definition) is 5. The van der Waals surface area contributed by atoms with Gasteiger partial charge in [0.25, 0.3) is 0 Å². The first-order chi connectivity index (χ1) is 10.7. The molecule has 0 aliphatic heterocycles. The molecular formula is C16H16N4O2. The fourth-order valence-corrected chi connectivity index (χ4v) is 2.18. The standard InChI is InChI=1S/C16H16N4O2/c1-21-13-8-6-11(7-9-13)15-16(17)20(19-18-15)12-4-3-5-14(10-12)22-2/h3-10H,17H2,1-2H3. The lowest BCUT2D eigenvalue weighted by Gasteiger charge is -2.06. The van der Waals surface area contributed by atoms with Crippen LogP contribution in [-0.4, -0.2) is 29.2 Å². The van der Waals surface area contributed by atoms with E-state index in [1.807, 2.05) is 48.5 Å². The highest BCUT2D eigenvalue weighted by Crippen LogP contribution is 2.27. The quantitative estimate of drug-likeness (QED) is 0.800. The van der Waals surface area contributed by atoms with Crippen molar-refractivity contribution in [2.75, 3.05) is 20.0 Å². The van der Waals surface area contributed by atoms with E-state index in [2.05, 4.69) is 10.3 Å². The summed E-state index contributed by atoms with van der Waals surface area (Å²) < 4.78 is 12.0. The van der Waals surface area contributed by atoms with E-state index in [1.54, 1.807) is 18.9 Å². The predicted octanol–water partition coefficient (Wildman–Crippen LogP) is 2.53. The van der Waals surface area contributed by atoms with Crippen LogP contribution in [0.4, 0.5) is 5.82 Å². The summed E-state index contributed by atoms with van der Waals surface area (Å²) in [6.45, 7) is 0. The smallest absolute Gasteiger partial charge is 0.155 e. The highest BCUT2D eigenvalue weighted by Gasteiger charge is 2.13. The van der Waals surface area contributed by atoms with Crippen molar-refractivity contribution in [3.05, 3.63) is 48.5 Å². The summed E-state index contributed by atoms with van der Waals surface area (Å²) in [6, 6.07) is 15.0. The number of methoxy groups -OCH3 is 2. The maximum absolute atomic E-state index is 6.20. The molecule has 0 aliphatic rings. The van der Waals surface area contributed by atoms with Gasteiger partial charge in [-0.15, -0.1) is 5.10 Å². The number of ether oxygens (including phenoxy) is 2. The summed E-state index contributed by atoms with van der Waals surface area (Å²) in [5.41, 5.74) is 8.50. The van der Waals surface area contributed by atoms with Crippen molar-refractivity contribution >= 4 is 5.82 Å². The van der Waals surface area contributed by atoms with Crippen molar-refractivity contribution < 1.29 is 9.47 Å². The van der Waals surface area contributed by atoms with Gasteiger partial charge in [0.2, 0.25) is 0 Å². The van der Waals surface area contributed by atoms with Crippen LogP contribution in [0.1, 0.15) is 0 Å². The molecule has 1 heterocycles. The summed E-state index contributed by atoms with van der Waals surface area (Å²) in [4.78, 5) is 0. The van der Waals surface area contributed by atoms with Crippen LogP contribution >= 0.6 is 0 Å². The third-order valence-corrected chi connectivity index (χ3v) is 3.37. The predicted molar refractivity (Wildman–Crippen MR) is 84.3 cm³/mol. The van der Waals surface area contributed by atoms with Gasteiger partial charge in [0.1, 0.15) is 17.2 Å². The number of rotatable bonds is 4. The van der Waals surface area contributed by atoms with Gasteiger partial charge in [0.15, 0.2) is 5.82 Å². The highest BCUT2D eigenvalue weighted by molar-refractivity contribution is 5.71. The number of aromatic nitrogens is 3. The number of benzene rings is 2. The Hall–Kier alpha value is -3.02. The molecule has 0 fully saturated rings. The van der Waals surface area contributed by atoms with Crippen LogP contribution in [0.3, 0.4) is 0 Å². The van der Waals surface area contributed by atoms with Gasteiger partial charge in [0.05, 0.1) is 19.9 Å². The topological polar surface area (TPSA) is 75.2 Å². The van der Waals surface area contributed by atoms with E-state index in [-0.39, 0.29) is 0 Å². The Balaban J connectivity index is 2.00. The van der Waals surface area contributed by atoms with E-state index >= 15 is 0 Å². The van der Waals surface area contributed by atoms with Crippen LogP contribution in [0.25, 0.3) is 16.9 Å². The first-order valence-corrected chi connectivity index (χ1v) is 6.73. The summed E-state index contributed by atoms with van der Waals surface area (Å²) in [5.74, 6) is 1.99. The minimum absolute atomic E-state index is 0.471. The molecule has 22 heavy (non-hydrogen) atoms. The molecular weight excluding hydrogens is 280 g/mol. The lowest BCUT2D eigenvalue weighted by Crippen LogP contribution is -2.02. The Morgan fingerprint density at radius 2 is 1.68 bits per heavy atom. The van der Waals surface area contributed by atoms with Gasteiger partial charge in [0, 0.05) is 11.6 Å². The Kier molecular flexibility index (Phi) is 3.65. The van der Waals surface area contributed by atoms with Gasteiger partial charge in [-0.1, -0.05) is 11.3 Å². The summed E-state index contributed by atoms with van der Waals surface area (Å²) in [5, 5.41) is 8.31. The molecule has 2 aromatic carbocycles. The second-order valence-electron chi connectivity index (χ2n) is 4.67. The molecule has 0 amide bonds. The molecule has 0 saturated carbocycles. The van der Waals surface area contributed by atoms with Gasteiger partial charge in [-0.25, -0.2) is 0 Å². The fourth-order valence-electron chi connectivity index (χ4n) is 2.18. The molecule has 6 nitrogen and oxygen atoms in total. The molecule has 0 radical (unpaired) electrons. The molecule has 0 saturated heterocycles. The minimum Gasteiger partial charge on any atom is -0.497 e. The van der Waals surface area contributed by atoms with Crippen LogP contribution < -0.4 is 15.2 Å². The SMILES string of the molecule is COc1ccc(-c2nnn(-c3cccc(OC)c3)c2N)cc1. The molecule has 2 N–H and O–H groups in total. The summed E-state index contributed by atoms with van der Waals surface area (Å²) >= 11 is 0. The average molecular weight is 296 g/mol. The third kappa shape index (κ3) is 2.46. The maximum atomic E-state index is 6.20. The van der Waals surface area contributed by atoms with E-state index in [0.717, 1.165) is 22.7 Å². The Bertz CT molecular complexity index is 781. The van der Waals surface area contributed by atoms with Crippen molar-refractivity contribution in [2.45, 2.75) is 0 Å². The number of hydrogen-bond donors (Lipinski definition) is 1. The van der Waals surface area contributed by atoms with Crippen molar-refractivity contribution in [1.82, 2.24) is 15.0 Å². The number of anilines is 1. The average Bonchev–Trinajstić information content (AvgIpc) is 2.96. The minimum atomic E-state index is 0.471. The molecule has 3 rings (SSSR count). The number of nitrogens with zero attached hydrogens (tertiary/aromatic N) is 3. The van der Waals surface area contributed by atoms with Crippen molar-refractivity contribution in [1.29, 1.82) is 0 Å². The Labute approximate surface area is 128 Å². The fraction of sp³-hybridized carbons (Fsp3) is 0.125. The van der Waals surface area contributed by atoms with Crippen molar-refractivity contribution in [2.24, 2.45) is 0 Å². The lowest BCUT2D eigenvalue weighted by atomic mass is 10.1. The van der Waals surface area contributed by atoms with E-state index in [9.17, 15) is 0 Å². The molecule has 0 atom stereocenters. The summed E-state index contributed by atoms with van der Waals surface area (Å²) in [6.07, 6.45) is 0. The first kappa shape index (κ1) is 13.9. The second-order valence-corrected chi connectivity index (χ2v) is 4.67. The zero-order valence-corrected chi connectivity index (χ0v) is 12.4. The van der Waals surface area contributed by atoms with Gasteiger partial charge in [-0.3, -0.25) is 0 Å². The van der Waals surface area contributed by atoms with Crippen LogP contribution in [0.5, 0.6) is 11.5 Å². The molecule has 0 unspecified atom stereocenters. The second kappa shape index (κ2) is 5.77. The van der Waals surface area contributed by atoms with E-state index < -0.39 is 0 Å². The molecule has 0 bridgehead atoms. The lowest BCUT2D eigenvalue weighted by molar-refractivity contribution is 0.414.